The van der Waals surface area contributed by atoms with Gasteiger partial charge >= 0.3 is 0 Å². The van der Waals surface area contributed by atoms with Crippen molar-refractivity contribution in [2.75, 3.05) is 26.3 Å². The fourth-order valence-electron chi connectivity index (χ4n) is 3.48. The van der Waals surface area contributed by atoms with Gasteiger partial charge in [-0.2, -0.15) is 4.31 Å². The molecule has 1 N–H and O–H groups in total. The van der Waals surface area contributed by atoms with E-state index in [1.165, 1.54) is 10.4 Å². The van der Waals surface area contributed by atoms with Crippen LogP contribution < -0.4 is 5.32 Å². The van der Waals surface area contributed by atoms with Gasteiger partial charge in [0, 0.05) is 30.3 Å². The molecule has 0 bridgehead atoms. The Morgan fingerprint density at radius 2 is 2.00 bits per heavy atom. The van der Waals surface area contributed by atoms with E-state index in [4.69, 9.17) is 4.74 Å². The van der Waals surface area contributed by atoms with Crippen molar-refractivity contribution < 1.29 is 17.5 Å². The van der Waals surface area contributed by atoms with Gasteiger partial charge < -0.3 is 10.1 Å². The number of sulfonamides is 1. The highest BCUT2D eigenvalue weighted by Crippen LogP contribution is 2.31. The van der Waals surface area contributed by atoms with Crippen LogP contribution >= 0.6 is 0 Å². The molecule has 0 saturated carbocycles. The molecule has 0 radical (unpaired) electrons. The smallest absolute Gasteiger partial charge is 0.244 e. The summed E-state index contributed by atoms with van der Waals surface area (Å²) in [6, 6.07) is 11.5. The van der Waals surface area contributed by atoms with Gasteiger partial charge in [0.2, 0.25) is 10.0 Å². The van der Waals surface area contributed by atoms with Crippen LogP contribution in [0.25, 0.3) is 11.1 Å². The minimum absolute atomic E-state index is 0.193. The second-order valence-corrected chi connectivity index (χ2v) is 9.73. The summed E-state index contributed by atoms with van der Waals surface area (Å²) < 4.78 is 48.2. The lowest BCUT2D eigenvalue weighted by Gasteiger charge is -2.32. The zero-order valence-electron chi connectivity index (χ0n) is 17.2. The maximum Gasteiger partial charge on any atom is 0.244 e. The average Bonchev–Trinajstić information content (AvgIpc) is 2.69. The van der Waals surface area contributed by atoms with Crippen molar-refractivity contribution in [2.45, 2.75) is 38.3 Å². The number of halogens is 1. The lowest BCUT2D eigenvalue weighted by atomic mass is 10.0. The summed E-state index contributed by atoms with van der Waals surface area (Å²) in [6.45, 7) is 8.32. The van der Waals surface area contributed by atoms with Crippen molar-refractivity contribution in [3.8, 4) is 11.1 Å². The fraction of sp³-hybridized carbons (Fsp3) is 0.455. The maximum atomic E-state index is 14.7. The van der Waals surface area contributed by atoms with Crippen LogP contribution in [0.4, 0.5) is 4.39 Å². The van der Waals surface area contributed by atoms with Crippen LogP contribution in [0.1, 0.15) is 26.3 Å². The largest absolute Gasteiger partial charge is 0.378 e. The Morgan fingerprint density at radius 1 is 1.24 bits per heavy atom. The summed E-state index contributed by atoms with van der Waals surface area (Å²) in [5.74, 6) is 0.141. The predicted octanol–water partition coefficient (Wildman–Crippen LogP) is 3.65. The van der Waals surface area contributed by atoms with Gasteiger partial charge in [-0.15, -0.1) is 0 Å². The molecule has 1 aliphatic heterocycles. The van der Waals surface area contributed by atoms with Crippen LogP contribution in [0.2, 0.25) is 0 Å². The molecule has 0 spiro atoms. The Labute approximate surface area is 172 Å². The minimum atomic E-state index is -3.72. The molecule has 1 saturated heterocycles. The van der Waals surface area contributed by atoms with Crippen molar-refractivity contribution in [3.05, 3.63) is 53.8 Å². The molecular weight excluding hydrogens is 391 g/mol. The Bertz CT molecular complexity index is 947. The van der Waals surface area contributed by atoms with Crippen molar-refractivity contribution in [1.29, 1.82) is 0 Å². The molecule has 2 aromatic rings. The first-order valence-corrected chi connectivity index (χ1v) is 11.4. The van der Waals surface area contributed by atoms with E-state index in [1.54, 1.807) is 36.4 Å². The summed E-state index contributed by atoms with van der Waals surface area (Å²) in [7, 11) is -3.72. The van der Waals surface area contributed by atoms with E-state index in [2.05, 4.69) is 19.2 Å². The third kappa shape index (κ3) is 5.04. The third-order valence-electron chi connectivity index (χ3n) is 5.01. The molecule has 29 heavy (non-hydrogen) atoms. The van der Waals surface area contributed by atoms with Crippen LogP contribution in [-0.4, -0.2) is 45.1 Å². The van der Waals surface area contributed by atoms with Crippen LogP contribution in [0.3, 0.4) is 0 Å². The summed E-state index contributed by atoms with van der Waals surface area (Å²) in [5.41, 5.74) is 1.62. The third-order valence-corrected chi connectivity index (χ3v) is 7.08. The zero-order valence-corrected chi connectivity index (χ0v) is 18.0. The molecule has 0 aliphatic carbocycles. The molecule has 1 fully saturated rings. The number of hydrogen-bond acceptors (Lipinski definition) is 4. The van der Waals surface area contributed by atoms with Gasteiger partial charge in [0.05, 0.1) is 18.1 Å². The molecule has 2 aromatic carbocycles. The van der Waals surface area contributed by atoms with E-state index in [-0.39, 0.29) is 16.8 Å². The van der Waals surface area contributed by atoms with Gasteiger partial charge in [-0.05, 0) is 37.1 Å². The van der Waals surface area contributed by atoms with Crippen LogP contribution in [-0.2, 0) is 21.3 Å². The van der Waals surface area contributed by atoms with Gasteiger partial charge in [-0.1, -0.05) is 44.2 Å². The molecule has 7 heteroatoms. The van der Waals surface area contributed by atoms with Gasteiger partial charge in [0.25, 0.3) is 0 Å². The van der Waals surface area contributed by atoms with E-state index in [0.29, 0.717) is 48.9 Å². The van der Waals surface area contributed by atoms with Crippen molar-refractivity contribution in [3.63, 3.8) is 0 Å². The zero-order chi connectivity index (χ0) is 21.0. The number of rotatable bonds is 7. The fourth-order valence-corrected chi connectivity index (χ4v) is 5.30. The number of nitrogens with one attached hydrogen (secondary N) is 1. The lowest BCUT2D eigenvalue weighted by Crippen LogP contribution is -2.47. The first-order chi connectivity index (χ1) is 13.8. The molecule has 158 valence electrons. The van der Waals surface area contributed by atoms with Crippen molar-refractivity contribution in [2.24, 2.45) is 5.92 Å². The van der Waals surface area contributed by atoms with Gasteiger partial charge in [-0.25, -0.2) is 12.8 Å². The first-order valence-electron chi connectivity index (χ1n) is 9.99. The molecule has 1 aliphatic rings. The number of morpholine rings is 1. The number of nitrogens with zero attached hydrogens (tertiary/aromatic N) is 1. The monoisotopic (exact) mass is 420 g/mol. The summed E-state index contributed by atoms with van der Waals surface area (Å²) in [5, 5.41) is 3.23. The highest BCUT2D eigenvalue weighted by atomic mass is 32.2. The van der Waals surface area contributed by atoms with Crippen LogP contribution in [0.5, 0.6) is 0 Å². The van der Waals surface area contributed by atoms with Gasteiger partial charge in [0.15, 0.2) is 0 Å². The Kier molecular flexibility index (Phi) is 7.05. The van der Waals surface area contributed by atoms with E-state index < -0.39 is 10.0 Å². The Balaban J connectivity index is 1.92. The molecule has 1 heterocycles. The molecule has 1 atom stereocenters. The molecule has 0 aromatic heterocycles. The first kappa shape index (κ1) is 21.9. The second-order valence-electron chi connectivity index (χ2n) is 7.87. The number of benzene rings is 2. The minimum Gasteiger partial charge on any atom is -0.378 e. The molecule has 0 amide bonds. The molecule has 5 nitrogen and oxygen atoms in total. The Morgan fingerprint density at radius 3 is 2.69 bits per heavy atom. The molecular formula is C22H29FN2O3S. The lowest BCUT2D eigenvalue weighted by molar-refractivity contribution is 0.0393. The molecule has 0 unspecified atom stereocenters. The number of hydrogen-bond donors (Lipinski definition) is 1. The quantitative estimate of drug-likeness (QED) is 0.743. The maximum absolute atomic E-state index is 14.7. The Hall–Kier alpha value is -1.80. The summed E-state index contributed by atoms with van der Waals surface area (Å²) >= 11 is 0. The van der Waals surface area contributed by atoms with Crippen molar-refractivity contribution >= 4 is 10.0 Å². The molecule has 3 rings (SSSR count). The standard InChI is InChI=1S/C22H29FN2O3S/c1-16(2)13-24-14-19-9-8-18(12-21(19)23)20-6-4-5-7-22(20)29(26,27)25-10-11-28-15-17(25)3/h4-9,12,16-17,24H,10-11,13-15H2,1-3H3/t17-/m1/s1. The second kappa shape index (κ2) is 9.34. The normalized spacial score (nSPS) is 18.3. The van der Waals surface area contributed by atoms with Gasteiger partial charge in [-0.3, -0.25) is 0 Å². The van der Waals surface area contributed by atoms with Crippen LogP contribution in [0.15, 0.2) is 47.4 Å². The van der Waals surface area contributed by atoms with E-state index in [1.807, 2.05) is 6.92 Å². The van der Waals surface area contributed by atoms with E-state index in [0.717, 1.165) is 6.54 Å². The average molecular weight is 421 g/mol. The van der Waals surface area contributed by atoms with E-state index >= 15 is 0 Å². The SMILES string of the molecule is CC(C)CNCc1ccc(-c2ccccc2S(=O)(=O)N2CCOC[C@H]2C)cc1F. The predicted molar refractivity (Wildman–Crippen MR) is 113 cm³/mol. The highest BCUT2D eigenvalue weighted by molar-refractivity contribution is 7.89. The highest BCUT2D eigenvalue weighted by Gasteiger charge is 2.33. The van der Waals surface area contributed by atoms with E-state index in [9.17, 15) is 12.8 Å². The summed E-state index contributed by atoms with van der Waals surface area (Å²) in [4.78, 5) is 0.193. The van der Waals surface area contributed by atoms with Crippen molar-refractivity contribution in [1.82, 2.24) is 9.62 Å². The van der Waals surface area contributed by atoms with Gasteiger partial charge in [0.1, 0.15) is 5.82 Å². The van der Waals surface area contributed by atoms with Crippen LogP contribution in [0, 0.1) is 11.7 Å². The topological polar surface area (TPSA) is 58.6 Å². The summed E-state index contributed by atoms with van der Waals surface area (Å²) in [6.07, 6.45) is 0. The number of ether oxygens (including phenoxy) is 1.